The number of amides is 1. The minimum atomic E-state index is -1.42. The van der Waals surface area contributed by atoms with Gasteiger partial charge in [-0.05, 0) is 6.07 Å². The number of hydrogen-bond donors (Lipinski definition) is 2. The second-order valence-corrected chi connectivity index (χ2v) is 3.29. The van der Waals surface area contributed by atoms with Crippen molar-refractivity contribution in [1.82, 2.24) is 0 Å². The van der Waals surface area contributed by atoms with E-state index in [1.807, 2.05) is 0 Å². The number of carbonyl (C=O) groups excluding carboxylic acids is 2. The number of rotatable bonds is 5. The molecular formula is C11H10FNO5. The molecule has 0 fully saturated rings. The number of ether oxygens (including phenoxy) is 1. The van der Waals surface area contributed by atoms with Crippen LogP contribution in [0.3, 0.4) is 0 Å². The number of hydrogen-bond acceptors (Lipinski definition) is 4. The lowest BCUT2D eigenvalue weighted by atomic mass is 10.1. The van der Waals surface area contributed by atoms with Gasteiger partial charge in [0.2, 0.25) is 5.91 Å². The zero-order valence-electron chi connectivity index (χ0n) is 9.40. The molecule has 1 aromatic rings. The third-order valence-electron chi connectivity index (χ3n) is 1.91. The summed E-state index contributed by atoms with van der Waals surface area (Å²) in [5.74, 6) is -3.02. The van der Waals surface area contributed by atoms with E-state index in [1.165, 1.54) is 6.92 Å². The van der Waals surface area contributed by atoms with Crippen molar-refractivity contribution in [1.29, 1.82) is 0 Å². The maximum absolute atomic E-state index is 13.2. The molecule has 6 nitrogen and oxygen atoms in total. The van der Waals surface area contributed by atoms with Gasteiger partial charge in [0.15, 0.2) is 6.29 Å². The van der Waals surface area contributed by atoms with Crippen LogP contribution in [0.5, 0.6) is 5.75 Å². The lowest BCUT2D eigenvalue weighted by molar-refractivity contribution is -0.114. The summed E-state index contributed by atoms with van der Waals surface area (Å²) in [6, 6.07) is 1.64. The highest BCUT2D eigenvalue weighted by atomic mass is 19.1. The fourth-order valence-corrected chi connectivity index (χ4v) is 1.29. The number of carboxylic acid groups (broad SMARTS) is 1. The highest BCUT2D eigenvalue weighted by Gasteiger charge is 2.18. The molecule has 7 heteroatoms. The summed E-state index contributed by atoms with van der Waals surface area (Å²) in [6.45, 7) is 0.785. The number of aldehydes is 1. The summed E-state index contributed by atoms with van der Waals surface area (Å²) >= 11 is 0. The number of carboxylic acids is 1. The van der Waals surface area contributed by atoms with Crippen molar-refractivity contribution in [2.24, 2.45) is 0 Å². The molecule has 0 heterocycles. The van der Waals surface area contributed by atoms with E-state index in [0.29, 0.717) is 6.29 Å². The number of halogens is 1. The van der Waals surface area contributed by atoms with Crippen LogP contribution >= 0.6 is 0 Å². The monoisotopic (exact) mass is 255 g/mol. The van der Waals surface area contributed by atoms with Crippen LogP contribution < -0.4 is 10.1 Å². The van der Waals surface area contributed by atoms with Crippen LogP contribution in [0.25, 0.3) is 0 Å². The molecule has 2 N–H and O–H groups in total. The van der Waals surface area contributed by atoms with Crippen LogP contribution in [-0.4, -0.2) is 29.9 Å². The number of carbonyl (C=O) groups is 3. The summed E-state index contributed by atoms with van der Waals surface area (Å²) in [5, 5.41) is 11.1. The van der Waals surface area contributed by atoms with E-state index >= 15 is 0 Å². The van der Waals surface area contributed by atoms with Gasteiger partial charge in [0.05, 0.1) is 11.3 Å². The predicted molar refractivity (Wildman–Crippen MR) is 59.2 cm³/mol. The molecular weight excluding hydrogens is 245 g/mol. The van der Waals surface area contributed by atoms with Crippen LogP contribution in [0.4, 0.5) is 10.1 Å². The Morgan fingerprint density at radius 1 is 1.50 bits per heavy atom. The van der Waals surface area contributed by atoms with E-state index in [9.17, 15) is 18.8 Å². The molecule has 0 bridgehead atoms. The molecule has 1 rings (SSSR count). The number of benzene rings is 1. The van der Waals surface area contributed by atoms with Crippen molar-refractivity contribution in [3.63, 3.8) is 0 Å². The number of nitrogens with one attached hydrogen (secondary N) is 1. The van der Waals surface area contributed by atoms with E-state index < -0.39 is 23.3 Å². The fraction of sp³-hybridized carbons (Fsp3) is 0.182. The van der Waals surface area contributed by atoms with Crippen molar-refractivity contribution in [3.8, 4) is 5.75 Å². The van der Waals surface area contributed by atoms with Crippen LogP contribution in [0.1, 0.15) is 17.3 Å². The molecule has 1 aromatic carbocycles. The molecule has 0 saturated heterocycles. The first kappa shape index (κ1) is 13.6. The van der Waals surface area contributed by atoms with Gasteiger partial charge < -0.3 is 15.2 Å². The van der Waals surface area contributed by atoms with Gasteiger partial charge >= 0.3 is 5.97 Å². The fourth-order valence-electron chi connectivity index (χ4n) is 1.29. The predicted octanol–water partition coefficient (Wildman–Crippen LogP) is 1.06. The number of aromatic carboxylic acids is 1. The summed E-state index contributed by atoms with van der Waals surface area (Å²) in [4.78, 5) is 32.1. The van der Waals surface area contributed by atoms with Gasteiger partial charge in [-0.15, -0.1) is 0 Å². The smallest absolute Gasteiger partial charge is 0.338 e. The molecule has 0 saturated carbocycles. The van der Waals surface area contributed by atoms with Gasteiger partial charge in [-0.3, -0.25) is 9.59 Å². The van der Waals surface area contributed by atoms with E-state index in [0.717, 1.165) is 12.1 Å². The van der Waals surface area contributed by atoms with Gasteiger partial charge in [0, 0.05) is 13.0 Å². The molecule has 1 amide bonds. The average Bonchev–Trinajstić information content (AvgIpc) is 2.28. The molecule has 0 aromatic heterocycles. The lowest BCUT2D eigenvalue weighted by Gasteiger charge is -2.13. The first-order chi connectivity index (χ1) is 8.45. The van der Waals surface area contributed by atoms with Crippen LogP contribution in [-0.2, 0) is 9.59 Å². The minimum absolute atomic E-state index is 0.182. The van der Waals surface area contributed by atoms with Crippen molar-refractivity contribution in [2.45, 2.75) is 6.92 Å². The zero-order valence-corrected chi connectivity index (χ0v) is 9.40. The third-order valence-corrected chi connectivity index (χ3v) is 1.91. The van der Waals surface area contributed by atoms with Gasteiger partial charge in [0.25, 0.3) is 0 Å². The number of anilines is 1. The van der Waals surface area contributed by atoms with Crippen molar-refractivity contribution in [2.75, 3.05) is 11.9 Å². The van der Waals surface area contributed by atoms with Crippen molar-refractivity contribution in [3.05, 3.63) is 23.5 Å². The topological polar surface area (TPSA) is 92.7 Å². The van der Waals surface area contributed by atoms with Gasteiger partial charge in [0.1, 0.15) is 18.2 Å². The molecule has 18 heavy (non-hydrogen) atoms. The SMILES string of the molecule is CC(=O)Nc1c(OCC=O)cc(F)cc1C(=O)O. The highest BCUT2D eigenvalue weighted by Crippen LogP contribution is 2.30. The van der Waals surface area contributed by atoms with E-state index in [2.05, 4.69) is 5.32 Å². The van der Waals surface area contributed by atoms with Crippen LogP contribution in [0, 0.1) is 5.82 Å². The minimum Gasteiger partial charge on any atom is -0.484 e. The Balaban J connectivity index is 3.31. The highest BCUT2D eigenvalue weighted by molar-refractivity contribution is 6.01. The Kier molecular flexibility index (Phi) is 4.36. The molecule has 0 atom stereocenters. The van der Waals surface area contributed by atoms with Crippen LogP contribution in [0.15, 0.2) is 12.1 Å². The Morgan fingerprint density at radius 3 is 2.67 bits per heavy atom. The molecule has 0 aliphatic carbocycles. The first-order valence-corrected chi connectivity index (χ1v) is 4.86. The Hall–Kier alpha value is -2.44. The molecule has 0 spiro atoms. The second-order valence-electron chi connectivity index (χ2n) is 3.29. The summed E-state index contributed by atoms with van der Waals surface area (Å²) < 4.78 is 18.1. The molecule has 0 aliphatic heterocycles. The molecule has 0 unspecified atom stereocenters. The lowest BCUT2D eigenvalue weighted by Crippen LogP contribution is -2.13. The molecule has 96 valence electrons. The average molecular weight is 255 g/mol. The largest absolute Gasteiger partial charge is 0.484 e. The summed E-state index contributed by atoms with van der Waals surface area (Å²) in [7, 11) is 0. The third kappa shape index (κ3) is 3.27. The Bertz CT molecular complexity index is 500. The maximum atomic E-state index is 13.2. The standard InChI is InChI=1S/C11H10FNO5/c1-6(15)13-10-8(11(16)17)4-7(12)5-9(10)18-3-2-14/h2,4-5H,3H2,1H3,(H,13,15)(H,16,17). The maximum Gasteiger partial charge on any atom is 0.338 e. The normalized spacial score (nSPS) is 9.67. The Morgan fingerprint density at radius 2 is 2.17 bits per heavy atom. The van der Waals surface area contributed by atoms with Crippen molar-refractivity contribution < 1.29 is 28.6 Å². The van der Waals surface area contributed by atoms with E-state index in [1.54, 1.807) is 0 Å². The Labute approximate surface area is 101 Å². The van der Waals surface area contributed by atoms with Gasteiger partial charge in [-0.1, -0.05) is 0 Å². The van der Waals surface area contributed by atoms with Gasteiger partial charge in [-0.25, -0.2) is 9.18 Å². The van der Waals surface area contributed by atoms with Crippen molar-refractivity contribution >= 4 is 23.9 Å². The second kappa shape index (κ2) is 5.76. The van der Waals surface area contributed by atoms with Crippen LogP contribution in [0.2, 0.25) is 0 Å². The van der Waals surface area contributed by atoms with Gasteiger partial charge in [-0.2, -0.15) is 0 Å². The zero-order chi connectivity index (χ0) is 13.7. The molecule has 0 radical (unpaired) electrons. The first-order valence-electron chi connectivity index (χ1n) is 4.86. The quantitative estimate of drug-likeness (QED) is 0.767. The summed E-state index contributed by atoms with van der Waals surface area (Å²) in [6.07, 6.45) is 0.420. The summed E-state index contributed by atoms with van der Waals surface area (Å²) in [5.41, 5.74) is -0.635. The van der Waals surface area contributed by atoms with E-state index in [-0.39, 0.29) is 18.0 Å². The van der Waals surface area contributed by atoms with E-state index in [4.69, 9.17) is 9.84 Å². The molecule has 0 aliphatic rings.